The van der Waals surface area contributed by atoms with Gasteiger partial charge in [-0.1, -0.05) is 22.9 Å². The molecule has 140 valence electrons. The van der Waals surface area contributed by atoms with Gasteiger partial charge >= 0.3 is 0 Å². The Kier molecular flexibility index (Phi) is 5.21. The summed E-state index contributed by atoms with van der Waals surface area (Å²) < 4.78 is 37.9. The summed E-state index contributed by atoms with van der Waals surface area (Å²) in [5.41, 5.74) is 2.18. The van der Waals surface area contributed by atoms with E-state index in [-0.39, 0.29) is 18.0 Å². The maximum atomic E-state index is 13.7. The van der Waals surface area contributed by atoms with E-state index in [1.807, 2.05) is 32.0 Å². The minimum atomic E-state index is -0.752. The Bertz CT molecular complexity index is 999. The van der Waals surface area contributed by atoms with E-state index >= 15 is 0 Å². The molecule has 0 saturated carbocycles. The van der Waals surface area contributed by atoms with E-state index in [0.717, 1.165) is 29.3 Å². The number of aromatic nitrogens is 1. The molecule has 7 heteroatoms. The summed E-state index contributed by atoms with van der Waals surface area (Å²) in [5, 5.41) is 6.04. The lowest BCUT2D eigenvalue weighted by Crippen LogP contribution is -2.16. The Hall–Kier alpha value is -3.22. The van der Waals surface area contributed by atoms with Crippen LogP contribution in [-0.2, 0) is 6.61 Å². The first-order valence-corrected chi connectivity index (χ1v) is 8.26. The second-order valence-electron chi connectivity index (χ2n) is 6.20. The first kappa shape index (κ1) is 18.6. The van der Waals surface area contributed by atoms with Crippen molar-refractivity contribution in [1.29, 1.82) is 0 Å². The van der Waals surface area contributed by atoms with Crippen molar-refractivity contribution in [1.82, 2.24) is 5.16 Å². The number of hydrogen-bond donors (Lipinski definition) is 1. The number of carbonyl (C=O) groups excluding carboxylic acids is 1. The molecule has 0 spiro atoms. The third-order valence-electron chi connectivity index (χ3n) is 4.08. The summed E-state index contributed by atoms with van der Waals surface area (Å²) in [5.74, 6) is -1.05. The fraction of sp³-hybridized carbons (Fsp3) is 0.200. The molecule has 0 saturated heterocycles. The number of nitrogens with zero attached hydrogens (tertiary/aromatic N) is 1. The van der Waals surface area contributed by atoms with E-state index in [0.29, 0.717) is 17.1 Å². The maximum Gasteiger partial charge on any atom is 0.278 e. The molecule has 1 aromatic heterocycles. The van der Waals surface area contributed by atoms with Crippen LogP contribution in [0, 0.1) is 32.4 Å². The topological polar surface area (TPSA) is 64.4 Å². The van der Waals surface area contributed by atoms with Gasteiger partial charge in [-0.2, -0.15) is 0 Å². The molecule has 2 aromatic carbocycles. The van der Waals surface area contributed by atoms with E-state index in [9.17, 15) is 13.6 Å². The number of aryl methyl sites for hydroxylation is 3. The van der Waals surface area contributed by atoms with Crippen LogP contribution >= 0.6 is 0 Å². The molecule has 5 nitrogen and oxygen atoms in total. The van der Waals surface area contributed by atoms with Crippen molar-refractivity contribution in [3.8, 4) is 5.75 Å². The molecule has 3 rings (SSSR count). The molecule has 1 amide bonds. The summed E-state index contributed by atoms with van der Waals surface area (Å²) in [7, 11) is 0. The SMILES string of the molecule is Cc1ccc(OCc2c(C(=O)Nc3cc(F)ccc3F)noc2C)c(C)c1. The normalized spacial score (nSPS) is 10.7. The largest absolute Gasteiger partial charge is 0.488 e. The van der Waals surface area contributed by atoms with Crippen LogP contribution in [-0.4, -0.2) is 11.1 Å². The highest BCUT2D eigenvalue weighted by Gasteiger charge is 2.22. The van der Waals surface area contributed by atoms with Crippen LogP contribution in [0.25, 0.3) is 0 Å². The van der Waals surface area contributed by atoms with Gasteiger partial charge in [0.2, 0.25) is 0 Å². The van der Waals surface area contributed by atoms with Crippen LogP contribution in [0.2, 0.25) is 0 Å². The van der Waals surface area contributed by atoms with Crippen LogP contribution in [0.5, 0.6) is 5.75 Å². The van der Waals surface area contributed by atoms with Gasteiger partial charge in [-0.05, 0) is 44.5 Å². The average molecular weight is 372 g/mol. The van der Waals surface area contributed by atoms with Crippen molar-refractivity contribution >= 4 is 11.6 Å². The first-order valence-electron chi connectivity index (χ1n) is 8.26. The second-order valence-corrected chi connectivity index (χ2v) is 6.20. The summed E-state index contributed by atoms with van der Waals surface area (Å²) >= 11 is 0. The van der Waals surface area contributed by atoms with Gasteiger partial charge in [-0.3, -0.25) is 4.79 Å². The molecule has 0 fully saturated rings. The maximum absolute atomic E-state index is 13.7. The minimum Gasteiger partial charge on any atom is -0.488 e. The fourth-order valence-corrected chi connectivity index (χ4v) is 2.63. The standard InChI is InChI=1S/C20H18F2N2O3/c1-11-4-7-18(12(2)8-11)26-10-15-13(3)27-24-19(15)20(25)23-17-9-14(21)5-6-16(17)22/h4-9H,10H2,1-3H3,(H,23,25). The van der Waals surface area contributed by atoms with Gasteiger partial charge in [0.05, 0.1) is 11.3 Å². The van der Waals surface area contributed by atoms with E-state index in [2.05, 4.69) is 10.5 Å². The molecule has 0 atom stereocenters. The number of ether oxygens (including phenoxy) is 1. The van der Waals surface area contributed by atoms with Gasteiger partial charge in [0.25, 0.3) is 5.91 Å². The third kappa shape index (κ3) is 4.13. The van der Waals surface area contributed by atoms with Gasteiger partial charge in [0, 0.05) is 6.07 Å². The number of rotatable bonds is 5. The zero-order valence-corrected chi connectivity index (χ0v) is 15.1. The molecule has 1 N–H and O–H groups in total. The van der Waals surface area contributed by atoms with Crippen molar-refractivity contribution < 1.29 is 22.8 Å². The first-order chi connectivity index (χ1) is 12.8. The Morgan fingerprint density at radius 1 is 1.15 bits per heavy atom. The lowest BCUT2D eigenvalue weighted by Gasteiger charge is -2.10. The van der Waals surface area contributed by atoms with Crippen LogP contribution in [0.15, 0.2) is 40.9 Å². The van der Waals surface area contributed by atoms with Gasteiger partial charge in [0.1, 0.15) is 29.8 Å². The molecule has 0 aliphatic rings. The van der Waals surface area contributed by atoms with E-state index in [4.69, 9.17) is 9.26 Å². The number of amides is 1. The number of hydrogen-bond acceptors (Lipinski definition) is 4. The highest BCUT2D eigenvalue weighted by Crippen LogP contribution is 2.23. The summed E-state index contributed by atoms with van der Waals surface area (Å²) in [6, 6.07) is 8.54. The molecular weight excluding hydrogens is 354 g/mol. The number of benzene rings is 2. The molecular formula is C20H18F2N2O3. The van der Waals surface area contributed by atoms with Crippen molar-refractivity contribution in [3.05, 3.63) is 76.2 Å². The Balaban J connectivity index is 1.79. The van der Waals surface area contributed by atoms with Crippen LogP contribution in [0.4, 0.5) is 14.5 Å². The molecule has 0 unspecified atom stereocenters. The number of nitrogens with one attached hydrogen (secondary N) is 1. The quantitative estimate of drug-likeness (QED) is 0.704. The van der Waals surface area contributed by atoms with Gasteiger partial charge in [-0.25, -0.2) is 8.78 Å². The summed E-state index contributed by atoms with van der Waals surface area (Å²) in [6.07, 6.45) is 0. The Labute approximate surface area is 154 Å². The number of carbonyl (C=O) groups is 1. The third-order valence-corrected chi connectivity index (χ3v) is 4.08. The molecule has 3 aromatic rings. The van der Waals surface area contributed by atoms with Crippen molar-refractivity contribution in [2.75, 3.05) is 5.32 Å². The fourth-order valence-electron chi connectivity index (χ4n) is 2.63. The summed E-state index contributed by atoms with van der Waals surface area (Å²) in [4.78, 5) is 12.5. The lowest BCUT2D eigenvalue weighted by atomic mass is 10.1. The zero-order valence-electron chi connectivity index (χ0n) is 15.1. The Morgan fingerprint density at radius 3 is 2.67 bits per heavy atom. The Morgan fingerprint density at radius 2 is 1.93 bits per heavy atom. The van der Waals surface area contributed by atoms with Crippen LogP contribution in [0.3, 0.4) is 0 Å². The highest BCUT2D eigenvalue weighted by atomic mass is 19.1. The van der Waals surface area contributed by atoms with Crippen molar-refractivity contribution in [2.45, 2.75) is 27.4 Å². The van der Waals surface area contributed by atoms with Crippen molar-refractivity contribution in [2.24, 2.45) is 0 Å². The molecule has 1 heterocycles. The molecule has 27 heavy (non-hydrogen) atoms. The molecule has 0 bridgehead atoms. The van der Waals surface area contributed by atoms with E-state index in [1.165, 1.54) is 0 Å². The zero-order chi connectivity index (χ0) is 19.6. The summed E-state index contributed by atoms with van der Waals surface area (Å²) in [6.45, 7) is 5.60. The van der Waals surface area contributed by atoms with Gasteiger partial charge in [-0.15, -0.1) is 0 Å². The number of halogens is 2. The molecule has 0 radical (unpaired) electrons. The minimum absolute atomic E-state index is 0.0408. The molecule has 0 aliphatic heterocycles. The van der Waals surface area contributed by atoms with Gasteiger partial charge in [0.15, 0.2) is 5.69 Å². The predicted octanol–water partition coefficient (Wildman–Crippen LogP) is 4.71. The highest BCUT2D eigenvalue weighted by molar-refractivity contribution is 6.03. The average Bonchev–Trinajstić information content (AvgIpc) is 2.98. The van der Waals surface area contributed by atoms with Crippen molar-refractivity contribution in [3.63, 3.8) is 0 Å². The van der Waals surface area contributed by atoms with E-state index < -0.39 is 17.5 Å². The van der Waals surface area contributed by atoms with E-state index in [1.54, 1.807) is 6.92 Å². The second kappa shape index (κ2) is 7.57. The monoisotopic (exact) mass is 372 g/mol. The molecule has 0 aliphatic carbocycles. The van der Waals surface area contributed by atoms with Crippen LogP contribution in [0.1, 0.15) is 32.9 Å². The van der Waals surface area contributed by atoms with Gasteiger partial charge < -0.3 is 14.6 Å². The smallest absolute Gasteiger partial charge is 0.278 e. The predicted molar refractivity (Wildman–Crippen MR) is 95.8 cm³/mol. The van der Waals surface area contributed by atoms with Crippen LogP contribution < -0.4 is 10.1 Å². The lowest BCUT2D eigenvalue weighted by molar-refractivity contribution is 0.101. The number of anilines is 1.